The summed E-state index contributed by atoms with van der Waals surface area (Å²) in [6, 6.07) is 23.1. The number of carbonyl (C=O) groups is 2. The molecule has 0 spiro atoms. The van der Waals surface area contributed by atoms with E-state index in [2.05, 4.69) is 28.9 Å². The Labute approximate surface area is 198 Å². The molecule has 0 bridgehead atoms. The first-order chi connectivity index (χ1) is 16.5. The minimum Gasteiger partial charge on any atom is -0.497 e. The van der Waals surface area contributed by atoms with E-state index in [0.717, 1.165) is 39.0 Å². The molecule has 34 heavy (non-hydrogen) atoms. The summed E-state index contributed by atoms with van der Waals surface area (Å²) >= 11 is 0. The predicted octanol–water partition coefficient (Wildman–Crippen LogP) is 4.36. The van der Waals surface area contributed by atoms with Gasteiger partial charge in [-0.3, -0.25) is 9.59 Å². The number of nitrogens with zero attached hydrogens (tertiary/aromatic N) is 2. The number of benzene rings is 3. The number of carbonyl (C=O) groups excluding carboxylic acids is 2. The second-order valence-corrected chi connectivity index (χ2v) is 8.63. The van der Waals surface area contributed by atoms with Crippen molar-refractivity contribution in [3.63, 3.8) is 0 Å². The summed E-state index contributed by atoms with van der Waals surface area (Å²) in [5.74, 6) is 0.416. The minimum atomic E-state index is -0.322. The highest BCUT2D eigenvalue weighted by atomic mass is 16.5. The number of hydrogen-bond donors (Lipinski definition) is 1. The van der Waals surface area contributed by atoms with Crippen LogP contribution in [0, 0.1) is 6.92 Å². The molecule has 1 aliphatic heterocycles. The van der Waals surface area contributed by atoms with E-state index < -0.39 is 0 Å². The third kappa shape index (κ3) is 3.61. The quantitative estimate of drug-likeness (QED) is 0.472. The number of ether oxygens (including phenoxy) is 1. The Balaban J connectivity index is 1.47. The number of amides is 2. The molecule has 0 radical (unpaired) electrons. The van der Waals surface area contributed by atoms with Crippen molar-refractivity contribution in [3.8, 4) is 5.75 Å². The van der Waals surface area contributed by atoms with Gasteiger partial charge in [0.2, 0.25) is 5.91 Å². The Morgan fingerprint density at radius 3 is 2.62 bits per heavy atom. The summed E-state index contributed by atoms with van der Waals surface area (Å²) in [6.45, 7) is 2.41. The van der Waals surface area contributed by atoms with Crippen molar-refractivity contribution in [1.82, 2.24) is 14.8 Å². The van der Waals surface area contributed by atoms with E-state index in [0.29, 0.717) is 12.1 Å². The van der Waals surface area contributed by atoms with Crippen LogP contribution in [-0.2, 0) is 18.4 Å². The standard InChI is InChI=1S/C28H27N3O3/c1-18-26(23-13-6-7-14-24(23)30(18)2)27-21-11-4-5-12-22(21)28(33)31(27)17-25(32)29-16-19-9-8-10-20(15-19)34-3/h4-15,27H,16-17H2,1-3H3,(H,29,32)/t27-/m0/s1. The lowest BCUT2D eigenvalue weighted by molar-refractivity contribution is -0.122. The van der Waals surface area contributed by atoms with E-state index in [1.807, 2.05) is 67.7 Å². The fourth-order valence-corrected chi connectivity index (χ4v) is 4.93. The molecule has 2 heterocycles. The molecule has 6 heteroatoms. The maximum absolute atomic E-state index is 13.5. The van der Waals surface area contributed by atoms with Crippen molar-refractivity contribution in [1.29, 1.82) is 0 Å². The average Bonchev–Trinajstić information content (AvgIpc) is 3.28. The largest absolute Gasteiger partial charge is 0.497 e. The molecule has 0 fully saturated rings. The van der Waals surface area contributed by atoms with Crippen LogP contribution in [0.3, 0.4) is 0 Å². The maximum atomic E-state index is 13.5. The Kier molecular flexibility index (Phi) is 5.57. The number of fused-ring (bicyclic) bond motifs is 2. The Morgan fingerprint density at radius 2 is 1.79 bits per heavy atom. The lowest BCUT2D eigenvalue weighted by Crippen LogP contribution is -2.39. The summed E-state index contributed by atoms with van der Waals surface area (Å²) < 4.78 is 7.41. The van der Waals surface area contributed by atoms with Crippen LogP contribution in [0.25, 0.3) is 10.9 Å². The molecule has 4 aromatic rings. The van der Waals surface area contributed by atoms with Crippen LogP contribution in [0.4, 0.5) is 0 Å². The lowest BCUT2D eigenvalue weighted by Gasteiger charge is -2.26. The van der Waals surface area contributed by atoms with Gasteiger partial charge in [-0.15, -0.1) is 0 Å². The fraction of sp³-hybridized carbons (Fsp3) is 0.214. The molecule has 5 rings (SSSR count). The van der Waals surface area contributed by atoms with E-state index in [-0.39, 0.29) is 24.4 Å². The minimum absolute atomic E-state index is 0.0230. The zero-order valence-electron chi connectivity index (χ0n) is 19.5. The monoisotopic (exact) mass is 453 g/mol. The molecule has 172 valence electrons. The van der Waals surface area contributed by atoms with Crippen molar-refractivity contribution >= 4 is 22.7 Å². The average molecular weight is 454 g/mol. The second kappa shape index (κ2) is 8.71. The van der Waals surface area contributed by atoms with Gasteiger partial charge in [-0.05, 0) is 42.3 Å². The summed E-state index contributed by atoms with van der Waals surface area (Å²) in [6.07, 6.45) is 0. The molecular formula is C28H27N3O3. The van der Waals surface area contributed by atoms with Crippen LogP contribution >= 0.6 is 0 Å². The third-order valence-corrected chi connectivity index (χ3v) is 6.72. The Bertz CT molecular complexity index is 1410. The number of aromatic nitrogens is 1. The highest BCUT2D eigenvalue weighted by Gasteiger charge is 2.40. The first-order valence-corrected chi connectivity index (χ1v) is 11.3. The van der Waals surface area contributed by atoms with Gasteiger partial charge in [0, 0.05) is 41.3 Å². The van der Waals surface area contributed by atoms with Crippen LogP contribution in [0.5, 0.6) is 5.75 Å². The SMILES string of the molecule is COc1cccc(CNC(=O)CN2C(=O)c3ccccc3[C@H]2c2c(C)n(C)c3ccccc23)c1. The second-order valence-electron chi connectivity index (χ2n) is 8.63. The molecular weight excluding hydrogens is 426 g/mol. The first kappa shape index (κ1) is 21.8. The Morgan fingerprint density at radius 1 is 1.03 bits per heavy atom. The number of hydrogen-bond acceptors (Lipinski definition) is 3. The Hall–Kier alpha value is -4.06. The van der Waals surface area contributed by atoms with E-state index in [4.69, 9.17) is 4.74 Å². The molecule has 0 saturated carbocycles. The molecule has 1 aliphatic rings. The van der Waals surface area contributed by atoms with E-state index in [9.17, 15) is 9.59 Å². The molecule has 1 N–H and O–H groups in total. The molecule has 1 atom stereocenters. The van der Waals surface area contributed by atoms with Gasteiger partial charge in [-0.25, -0.2) is 0 Å². The van der Waals surface area contributed by atoms with Crippen molar-refractivity contribution in [2.45, 2.75) is 19.5 Å². The highest BCUT2D eigenvalue weighted by molar-refractivity contribution is 6.02. The van der Waals surface area contributed by atoms with Crippen LogP contribution in [0.1, 0.15) is 38.8 Å². The smallest absolute Gasteiger partial charge is 0.255 e. The van der Waals surface area contributed by atoms with Gasteiger partial charge in [0.15, 0.2) is 0 Å². The van der Waals surface area contributed by atoms with E-state index >= 15 is 0 Å². The van der Waals surface area contributed by atoms with Gasteiger partial charge in [-0.2, -0.15) is 0 Å². The molecule has 6 nitrogen and oxygen atoms in total. The molecule has 1 aromatic heterocycles. The predicted molar refractivity (Wildman–Crippen MR) is 132 cm³/mol. The third-order valence-electron chi connectivity index (χ3n) is 6.72. The summed E-state index contributed by atoms with van der Waals surface area (Å²) in [4.78, 5) is 28.2. The zero-order chi connectivity index (χ0) is 23.8. The lowest BCUT2D eigenvalue weighted by atomic mass is 9.95. The van der Waals surface area contributed by atoms with Gasteiger partial charge >= 0.3 is 0 Å². The molecule has 0 saturated heterocycles. The summed E-state index contributed by atoms with van der Waals surface area (Å²) in [5, 5.41) is 4.06. The van der Waals surface area contributed by atoms with Gasteiger partial charge in [0.1, 0.15) is 12.3 Å². The van der Waals surface area contributed by atoms with Crippen LogP contribution in [-0.4, -0.2) is 34.9 Å². The van der Waals surface area contributed by atoms with Gasteiger partial charge in [0.05, 0.1) is 13.2 Å². The molecule has 0 unspecified atom stereocenters. The van der Waals surface area contributed by atoms with Crippen LogP contribution < -0.4 is 10.1 Å². The van der Waals surface area contributed by atoms with Gasteiger partial charge in [-0.1, -0.05) is 48.5 Å². The highest BCUT2D eigenvalue weighted by Crippen LogP contribution is 2.43. The topological polar surface area (TPSA) is 63.6 Å². The van der Waals surface area contributed by atoms with Gasteiger partial charge < -0.3 is 19.5 Å². The number of aryl methyl sites for hydroxylation is 1. The summed E-state index contributed by atoms with van der Waals surface area (Å²) in [5.41, 5.74) is 5.78. The van der Waals surface area contributed by atoms with Crippen molar-refractivity contribution in [2.75, 3.05) is 13.7 Å². The number of nitrogens with one attached hydrogen (secondary N) is 1. The molecule has 0 aliphatic carbocycles. The zero-order valence-corrected chi connectivity index (χ0v) is 19.5. The van der Waals surface area contributed by atoms with E-state index in [1.54, 1.807) is 12.0 Å². The number of methoxy groups -OCH3 is 1. The van der Waals surface area contributed by atoms with Crippen molar-refractivity contribution < 1.29 is 14.3 Å². The van der Waals surface area contributed by atoms with E-state index in [1.165, 1.54) is 0 Å². The molecule has 3 aromatic carbocycles. The fourth-order valence-electron chi connectivity index (χ4n) is 4.93. The normalized spacial score (nSPS) is 15.0. The molecule has 2 amide bonds. The van der Waals surface area contributed by atoms with Crippen molar-refractivity contribution in [3.05, 3.63) is 101 Å². The van der Waals surface area contributed by atoms with Gasteiger partial charge in [0.25, 0.3) is 5.91 Å². The first-order valence-electron chi connectivity index (χ1n) is 11.3. The van der Waals surface area contributed by atoms with Crippen LogP contribution in [0.15, 0.2) is 72.8 Å². The number of rotatable bonds is 6. The maximum Gasteiger partial charge on any atom is 0.255 e. The summed E-state index contributed by atoms with van der Waals surface area (Å²) in [7, 11) is 3.65. The van der Waals surface area contributed by atoms with Crippen LogP contribution in [0.2, 0.25) is 0 Å². The number of para-hydroxylation sites is 1. The van der Waals surface area contributed by atoms with Crippen molar-refractivity contribution in [2.24, 2.45) is 7.05 Å².